The molecule has 0 radical (unpaired) electrons. The first kappa shape index (κ1) is 15.5. The number of nitrogens with zero attached hydrogens (tertiary/aromatic N) is 1. The van der Waals surface area contributed by atoms with E-state index in [1.165, 1.54) is 5.56 Å². The van der Waals surface area contributed by atoms with Gasteiger partial charge in [0.25, 0.3) is 5.56 Å². The van der Waals surface area contributed by atoms with Crippen molar-refractivity contribution in [3.63, 3.8) is 0 Å². The number of aromatic amines is 1. The Morgan fingerprint density at radius 2 is 1.67 bits per heavy atom. The van der Waals surface area contributed by atoms with E-state index >= 15 is 0 Å². The predicted molar refractivity (Wildman–Crippen MR) is 87.8 cm³/mol. The molecule has 1 aromatic carbocycles. The molecule has 0 spiro atoms. The first-order valence-electron chi connectivity index (χ1n) is 7.42. The summed E-state index contributed by atoms with van der Waals surface area (Å²) in [6.45, 7) is 12.3. The smallest absolute Gasteiger partial charge is 0.254 e. The van der Waals surface area contributed by atoms with Crippen LogP contribution in [0.3, 0.4) is 0 Å². The van der Waals surface area contributed by atoms with E-state index < -0.39 is 0 Å². The lowest BCUT2D eigenvalue weighted by atomic mass is 9.94. The Hall–Kier alpha value is -1.90. The van der Waals surface area contributed by atoms with Crippen molar-refractivity contribution in [1.82, 2.24) is 9.97 Å². The second-order valence-electron chi connectivity index (χ2n) is 6.91. The van der Waals surface area contributed by atoms with Crippen LogP contribution in [0.25, 0.3) is 11.3 Å². The highest BCUT2D eigenvalue weighted by Gasteiger charge is 2.19. The summed E-state index contributed by atoms with van der Waals surface area (Å²) in [6.07, 6.45) is 0. The van der Waals surface area contributed by atoms with Gasteiger partial charge in [-0.1, -0.05) is 58.9 Å². The Balaban J connectivity index is 2.57. The second kappa shape index (κ2) is 5.47. The zero-order valence-corrected chi connectivity index (χ0v) is 13.7. The molecule has 0 saturated heterocycles. The van der Waals surface area contributed by atoms with E-state index in [0.717, 1.165) is 17.1 Å². The highest BCUT2D eigenvalue weighted by Crippen LogP contribution is 2.25. The quantitative estimate of drug-likeness (QED) is 0.899. The molecule has 2 aromatic rings. The molecular formula is C18H24N2O. The molecule has 2 rings (SSSR count). The van der Waals surface area contributed by atoms with E-state index in [1.807, 2.05) is 27.7 Å². The van der Waals surface area contributed by atoms with Crippen molar-refractivity contribution in [2.75, 3.05) is 0 Å². The molecule has 3 heteroatoms. The molecule has 0 unspecified atom stereocenters. The number of nitrogens with one attached hydrogen (secondary N) is 1. The number of hydrogen-bond donors (Lipinski definition) is 1. The summed E-state index contributed by atoms with van der Waals surface area (Å²) in [4.78, 5) is 19.7. The number of aromatic nitrogens is 2. The van der Waals surface area contributed by atoms with E-state index in [2.05, 4.69) is 43.1 Å². The molecule has 1 aromatic heterocycles. The van der Waals surface area contributed by atoms with Gasteiger partial charge in [-0.25, -0.2) is 4.98 Å². The molecule has 0 aliphatic carbocycles. The molecule has 0 aliphatic rings. The first-order chi connectivity index (χ1) is 9.70. The van der Waals surface area contributed by atoms with Crippen molar-refractivity contribution in [1.29, 1.82) is 0 Å². The van der Waals surface area contributed by atoms with Crippen molar-refractivity contribution in [3.8, 4) is 11.3 Å². The van der Waals surface area contributed by atoms with Crippen molar-refractivity contribution < 1.29 is 0 Å². The van der Waals surface area contributed by atoms with Gasteiger partial charge in [-0.15, -0.1) is 0 Å². The highest BCUT2D eigenvalue weighted by molar-refractivity contribution is 5.63. The number of hydrogen-bond acceptors (Lipinski definition) is 2. The molecule has 21 heavy (non-hydrogen) atoms. The van der Waals surface area contributed by atoms with Gasteiger partial charge in [-0.2, -0.15) is 0 Å². The largest absolute Gasteiger partial charge is 0.310 e. The minimum absolute atomic E-state index is 0.0575. The van der Waals surface area contributed by atoms with Gasteiger partial charge in [0.2, 0.25) is 0 Å². The van der Waals surface area contributed by atoms with Gasteiger partial charge in [0.05, 0.1) is 5.69 Å². The lowest BCUT2D eigenvalue weighted by Crippen LogP contribution is -2.24. The molecule has 0 bridgehead atoms. The predicted octanol–water partition coefficient (Wildman–Crippen LogP) is 4.17. The van der Waals surface area contributed by atoms with Crippen LogP contribution in [0.2, 0.25) is 0 Å². The van der Waals surface area contributed by atoms with Crippen LogP contribution in [-0.4, -0.2) is 9.97 Å². The molecule has 0 atom stereocenters. The Morgan fingerprint density at radius 1 is 1.10 bits per heavy atom. The van der Waals surface area contributed by atoms with Gasteiger partial charge in [-0.3, -0.25) is 4.79 Å². The fraction of sp³-hybridized carbons (Fsp3) is 0.444. The summed E-state index contributed by atoms with van der Waals surface area (Å²) in [6, 6.07) is 8.32. The van der Waals surface area contributed by atoms with Crippen molar-refractivity contribution in [2.45, 2.75) is 52.9 Å². The highest BCUT2D eigenvalue weighted by atomic mass is 16.1. The lowest BCUT2D eigenvalue weighted by Gasteiger charge is -2.19. The fourth-order valence-corrected chi connectivity index (χ4v) is 2.19. The van der Waals surface area contributed by atoms with Gasteiger partial charge in [0.1, 0.15) is 5.82 Å². The summed E-state index contributed by atoms with van der Waals surface area (Å²) in [5.74, 6) is 1.22. The fourth-order valence-electron chi connectivity index (χ4n) is 2.19. The average Bonchev–Trinajstić information content (AvgIpc) is 2.40. The average molecular weight is 284 g/mol. The monoisotopic (exact) mass is 284 g/mol. The SMILES string of the molecule is Cc1c(-c2ccc(C(C)C)cc2)nc(C(C)(C)C)[nH]c1=O. The van der Waals surface area contributed by atoms with Crippen LogP contribution in [0.5, 0.6) is 0 Å². The van der Waals surface area contributed by atoms with Crippen molar-refractivity contribution in [3.05, 3.63) is 51.6 Å². The van der Waals surface area contributed by atoms with E-state index in [9.17, 15) is 4.79 Å². The summed E-state index contributed by atoms with van der Waals surface area (Å²) >= 11 is 0. The number of rotatable bonds is 2. The minimum Gasteiger partial charge on any atom is -0.310 e. The third kappa shape index (κ3) is 3.23. The van der Waals surface area contributed by atoms with Crippen LogP contribution < -0.4 is 5.56 Å². The van der Waals surface area contributed by atoms with Crippen LogP contribution in [-0.2, 0) is 5.41 Å². The van der Waals surface area contributed by atoms with E-state index in [1.54, 1.807) is 0 Å². The van der Waals surface area contributed by atoms with E-state index in [-0.39, 0.29) is 11.0 Å². The third-order valence-corrected chi connectivity index (χ3v) is 3.71. The molecular weight excluding hydrogens is 260 g/mol. The summed E-state index contributed by atoms with van der Waals surface area (Å²) in [5.41, 5.74) is 3.49. The summed E-state index contributed by atoms with van der Waals surface area (Å²) < 4.78 is 0. The topological polar surface area (TPSA) is 45.8 Å². The molecule has 1 heterocycles. The van der Waals surface area contributed by atoms with Gasteiger partial charge >= 0.3 is 0 Å². The summed E-state index contributed by atoms with van der Waals surface area (Å²) in [7, 11) is 0. The normalized spacial score (nSPS) is 12.0. The second-order valence-corrected chi connectivity index (χ2v) is 6.91. The molecule has 0 aliphatic heterocycles. The van der Waals surface area contributed by atoms with Gasteiger partial charge in [0, 0.05) is 16.5 Å². The van der Waals surface area contributed by atoms with Crippen LogP contribution in [0.15, 0.2) is 29.1 Å². The van der Waals surface area contributed by atoms with Crippen LogP contribution in [0.1, 0.15) is 57.5 Å². The molecule has 0 saturated carbocycles. The van der Waals surface area contributed by atoms with Gasteiger partial charge in [-0.05, 0) is 18.4 Å². The zero-order chi connectivity index (χ0) is 15.8. The molecule has 0 fully saturated rings. The maximum absolute atomic E-state index is 12.2. The minimum atomic E-state index is -0.181. The Morgan fingerprint density at radius 3 is 2.14 bits per heavy atom. The number of benzene rings is 1. The van der Waals surface area contributed by atoms with E-state index in [0.29, 0.717) is 11.5 Å². The molecule has 1 N–H and O–H groups in total. The van der Waals surface area contributed by atoms with Crippen LogP contribution in [0, 0.1) is 6.92 Å². The third-order valence-electron chi connectivity index (χ3n) is 3.71. The Bertz CT molecular complexity index is 689. The van der Waals surface area contributed by atoms with Gasteiger partial charge in [0.15, 0.2) is 0 Å². The van der Waals surface area contributed by atoms with Crippen LogP contribution in [0.4, 0.5) is 0 Å². The first-order valence-corrected chi connectivity index (χ1v) is 7.42. The molecule has 112 valence electrons. The Labute approximate surface area is 126 Å². The lowest BCUT2D eigenvalue weighted by molar-refractivity contribution is 0.542. The number of H-pyrrole nitrogens is 1. The van der Waals surface area contributed by atoms with Crippen LogP contribution >= 0.6 is 0 Å². The molecule has 0 amide bonds. The maximum atomic E-state index is 12.2. The Kier molecular flexibility index (Phi) is 4.04. The zero-order valence-electron chi connectivity index (χ0n) is 13.7. The standard InChI is InChI=1S/C18H24N2O/c1-11(2)13-7-9-14(10-8-13)15-12(3)16(21)20-17(19-15)18(4,5)6/h7-11H,1-6H3,(H,19,20,21). The van der Waals surface area contributed by atoms with Crippen molar-refractivity contribution in [2.24, 2.45) is 0 Å². The van der Waals surface area contributed by atoms with Crippen molar-refractivity contribution >= 4 is 0 Å². The molecule has 3 nitrogen and oxygen atoms in total. The van der Waals surface area contributed by atoms with Gasteiger partial charge < -0.3 is 4.98 Å². The van der Waals surface area contributed by atoms with E-state index in [4.69, 9.17) is 4.98 Å². The summed E-state index contributed by atoms with van der Waals surface area (Å²) in [5, 5.41) is 0. The maximum Gasteiger partial charge on any atom is 0.254 e.